The van der Waals surface area contributed by atoms with Crippen LogP contribution in [0.2, 0.25) is 5.02 Å². The maximum atomic E-state index is 12.5. The molecule has 0 saturated heterocycles. The third kappa shape index (κ3) is 3.18. The van der Waals surface area contributed by atoms with E-state index in [2.05, 4.69) is 10.3 Å². The van der Waals surface area contributed by atoms with E-state index in [1.54, 1.807) is 19.2 Å². The lowest BCUT2D eigenvalue weighted by Gasteiger charge is -2.31. The van der Waals surface area contributed by atoms with Gasteiger partial charge in [0.1, 0.15) is 11.5 Å². The van der Waals surface area contributed by atoms with Crippen LogP contribution in [0.15, 0.2) is 12.1 Å². The Morgan fingerprint density at radius 3 is 2.79 bits per heavy atom. The van der Waals surface area contributed by atoms with E-state index in [4.69, 9.17) is 11.6 Å². The first-order valence-corrected chi connectivity index (χ1v) is 7.17. The van der Waals surface area contributed by atoms with Crippen molar-refractivity contribution < 1.29 is 4.79 Å². The number of hydrogen-bond donors (Lipinski definition) is 1. The van der Waals surface area contributed by atoms with E-state index in [1.807, 2.05) is 11.8 Å². The lowest BCUT2D eigenvalue weighted by atomic mass is 9.85. The third-order valence-electron chi connectivity index (χ3n) is 3.68. The summed E-state index contributed by atoms with van der Waals surface area (Å²) in [5, 5.41) is 3.34. The average molecular weight is 282 g/mol. The molecule has 0 bridgehead atoms. The first-order valence-electron chi connectivity index (χ1n) is 6.79. The van der Waals surface area contributed by atoms with Gasteiger partial charge in [-0.3, -0.25) is 4.79 Å². The van der Waals surface area contributed by atoms with Gasteiger partial charge >= 0.3 is 0 Å². The summed E-state index contributed by atoms with van der Waals surface area (Å²) in [6.45, 7) is 3.50. The molecule has 0 radical (unpaired) electrons. The van der Waals surface area contributed by atoms with Crippen LogP contribution in [0.1, 0.15) is 36.7 Å². The van der Waals surface area contributed by atoms with Crippen molar-refractivity contribution in [1.82, 2.24) is 9.88 Å². The summed E-state index contributed by atoms with van der Waals surface area (Å²) in [6.07, 6.45) is 3.73. The number of aromatic nitrogens is 1. The lowest BCUT2D eigenvalue weighted by Crippen LogP contribution is -2.37. The highest BCUT2D eigenvalue weighted by Gasteiger charge is 2.25. The van der Waals surface area contributed by atoms with Crippen LogP contribution in [0.25, 0.3) is 0 Å². The van der Waals surface area contributed by atoms with Gasteiger partial charge in [0.2, 0.25) is 0 Å². The molecule has 104 valence electrons. The monoisotopic (exact) mass is 281 g/mol. The minimum atomic E-state index is -0.0727. The molecule has 1 aromatic heterocycles. The Hall–Kier alpha value is -1.29. The Bertz CT molecular complexity index is 460. The molecule has 1 N–H and O–H groups in total. The molecule has 0 aromatic carbocycles. The number of carbonyl (C=O) groups excluding carboxylic acids is 1. The summed E-state index contributed by atoms with van der Waals surface area (Å²) in [5.74, 6) is 1.24. The minimum Gasteiger partial charge on any atom is -0.373 e. The van der Waals surface area contributed by atoms with E-state index in [0.717, 1.165) is 6.54 Å². The quantitative estimate of drug-likeness (QED) is 0.902. The van der Waals surface area contributed by atoms with Crippen molar-refractivity contribution >= 4 is 23.3 Å². The average Bonchev–Trinajstić information content (AvgIpc) is 2.38. The molecule has 1 aliphatic carbocycles. The zero-order valence-electron chi connectivity index (χ0n) is 11.4. The Labute approximate surface area is 119 Å². The summed E-state index contributed by atoms with van der Waals surface area (Å²) >= 11 is 6.10. The van der Waals surface area contributed by atoms with Crippen LogP contribution in [-0.2, 0) is 0 Å². The van der Waals surface area contributed by atoms with E-state index >= 15 is 0 Å². The second-order valence-electron chi connectivity index (χ2n) is 4.92. The van der Waals surface area contributed by atoms with Gasteiger partial charge in [-0.25, -0.2) is 4.98 Å². The molecule has 2 rings (SSSR count). The first-order chi connectivity index (χ1) is 9.15. The maximum absolute atomic E-state index is 12.5. The highest BCUT2D eigenvalue weighted by Crippen LogP contribution is 2.28. The molecule has 0 atom stereocenters. The molecule has 0 unspecified atom stereocenters. The van der Waals surface area contributed by atoms with E-state index in [-0.39, 0.29) is 5.91 Å². The summed E-state index contributed by atoms with van der Waals surface area (Å²) in [5.41, 5.74) is 0.342. The molecule has 4 nitrogen and oxygen atoms in total. The molecular formula is C14H20ClN3O. The zero-order valence-corrected chi connectivity index (χ0v) is 12.2. The molecule has 5 heteroatoms. The minimum absolute atomic E-state index is 0.0727. The highest BCUT2D eigenvalue weighted by atomic mass is 35.5. The van der Waals surface area contributed by atoms with Crippen LogP contribution in [-0.4, -0.2) is 35.9 Å². The van der Waals surface area contributed by atoms with Crippen molar-refractivity contribution in [3.05, 3.63) is 22.8 Å². The molecule has 1 aliphatic rings. The second-order valence-corrected chi connectivity index (χ2v) is 5.32. The SMILES string of the molecule is CCN(CC1CCC1)C(=O)c1nc(NC)ccc1Cl. The zero-order chi connectivity index (χ0) is 13.8. The van der Waals surface area contributed by atoms with Crippen molar-refractivity contribution in [2.75, 3.05) is 25.5 Å². The molecule has 1 aromatic rings. The van der Waals surface area contributed by atoms with Gasteiger partial charge in [-0.05, 0) is 37.8 Å². The van der Waals surface area contributed by atoms with E-state index in [1.165, 1.54) is 19.3 Å². The van der Waals surface area contributed by atoms with Crippen LogP contribution < -0.4 is 5.32 Å². The van der Waals surface area contributed by atoms with Crippen LogP contribution in [0, 0.1) is 5.92 Å². The van der Waals surface area contributed by atoms with Gasteiger partial charge in [0.15, 0.2) is 0 Å². The lowest BCUT2D eigenvalue weighted by molar-refractivity contribution is 0.0701. The van der Waals surface area contributed by atoms with E-state index in [9.17, 15) is 4.79 Å². The first kappa shape index (κ1) is 14.1. The fourth-order valence-corrected chi connectivity index (χ4v) is 2.41. The van der Waals surface area contributed by atoms with Crippen molar-refractivity contribution in [1.29, 1.82) is 0 Å². The number of amides is 1. The largest absolute Gasteiger partial charge is 0.373 e. The van der Waals surface area contributed by atoms with Gasteiger partial charge in [0.25, 0.3) is 5.91 Å². The fourth-order valence-electron chi connectivity index (χ4n) is 2.22. The van der Waals surface area contributed by atoms with Gasteiger partial charge in [-0.15, -0.1) is 0 Å². The van der Waals surface area contributed by atoms with Gasteiger partial charge in [0, 0.05) is 20.1 Å². The number of anilines is 1. The molecule has 19 heavy (non-hydrogen) atoms. The predicted octanol–water partition coefficient (Wildman–Crippen LogP) is 3.04. The normalized spacial score (nSPS) is 14.9. The number of nitrogens with zero attached hydrogens (tertiary/aromatic N) is 2. The number of carbonyl (C=O) groups is 1. The number of nitrogens with one attached hydrogen (secondary N) is 1. The standard InChI is InChI=1S/C14H20ClN3O/c1-3-18(9-10-5-4-6-10)14(19)13-11(15)7-8-12(16-2)17-13/h7-8,10H,3-6,9H2,1-2H3,(H,16,17). The van der Waals surface area contributed by atoms with Crippen molar-refractivity contribution in [3.63, 3.8) is 0 Å². The fraction of sp³-hybridized carbons (Fsp3) is 0.571. The summed E-state index contributed by atoms with van der Waals surface area (Å²) in [6, 6.07) is 3.48. The Morgan fingerprint density at radius 1 is 1.53 bits per heavy atom. The number of pyridine rings is 1. The van der Waals surface area contributed by atoms with Crippen molar-refractivity contribution in [3.8, 4) is 0 Å². The number of halogens is 1. The van der Waals surface area contributed by atoms with Crippen LogP contribution in [0.4, 0.5) is 5.82 Å². The topological polar surface area (TPSA) is 45.2 Å². The van der Waals surface area contributed by atoms with E-state index < -0.39 is 0 Å². The number of hydrogen-bond acceptors (Lipinski definition) is 3. The maximum Gasteiger partial charge on any atom is 0.274 e. The van der Waals surface area contributed by atoms with Gasteiger partial charge < -0.3 is 10.2 Å². The van der Waals surface area contributed by atoms with Crippen LogP contribution >= 0.6 is 11.6 Å². The molecule has 1 heterocycles. The Kier molecular flexibility index (Phi) is 4.64. The summed E-state index contributed by atoms with van der Waals surface area (Å²) < 4.78 is 0. The molecule has 1 saturated carbocycles. The van der Waals surface area contributed by atoms with Gasteiger partial charge in [-0.2, -0.15) is 0 Å². The molecule has 0 aliphatic heterocycles. The van der Waals surface area contributed by atoms with Crippen molar-refractivity contribution in [2.24, 2.45) is 5.92 Å². The van der Waals surface area contributed by atoms with Gasteiger partial charge in [-0.1, -0.05) is 18.0 Å². The summed E-state index contributed by atoms with van der Waals surface area (Å²) in [7, 11) is 1.77. The highest BCUT2D eigenvalue weighted by molar-refractivity contribution is 6.33. The Balaban J connectivity index is 2.15. The van der Waals surface area contributed by atoms with Gasteiger partial charge in [0.05, 0.1) is 5.02 Å². The molecule has 1 fully saturated rings. The van der Waals surface area contributed by atoms with E-state index in [0.29, 0.717) is 29.0 Å². The molecule has 1 amide bonds. The second kappa shape index (κ2) is 6.24. The van der Waals surface area contributed by atoms with Crippen molar-refractivity contribution in [2.45, 2.75) is 26.2 Å². The van der Waals surface area contributed by atoms with Crippen LogP contribution in [0.3, 0.4) is 0 Å². The Morgan fingerprint density at radius 2 is 2.26 bits per heavy atom. The predicted molar refractivity (Wildman–Crippen MR) is 77.7 cm³/mol. The smallest absolute Gasteiger partial charge is 0.274 e. The third-order valence-corrected chi connectivity index (χ3v) is 3.98. The molecular weight excluding hydrogens is 262 g/mol. The summed E-state index contributed by atoms with van der Waals surface area (Å²) in [4.78, 5) is 18.6. The van der Waals surface area contributed by atoms with Crippen LogP contribution in [0.5, 0.6) is 0 Å². The number of rotatable bonds is 5. The molecule has 0 spiro atoms.